The van der Waals surface area contributed by atoms with Crippen LogP contribution < -0.4 is 21.3 Å². The molecule has 0 bridgehead atoms. The van der Waals surface area contributed by atoms with E-state index in [1.807, 2.05) is 13.8 Å². The standard InChI is InChI=1S/C68H52BN3/c1-38(2)40-28-30-55-53(33-40)69-64-58(70(55)42-18-9-8-10-19-42)35-43(71-56-26-16-24-47-45-21-12-11-20-44(45)46-23-15-17-39-27-31-57(71)63(60(39)46)62(47)56)36-59(64)72-54-32-29-41(67(3,4)5)34-49(54)50-37-52-61(65(69)66(50)72)48-22-13-14-25-51(48)68(52,6)7/h8-38H,1-7H3/i38D. The summed E-state index contributed by atoms with van der Waals surface area (Å²) in [6, 6.07) is 69.5. The molecular formula is C68H52BN3. The van der Waals surface area contributed by atoms with Crippen LogP contribution in [0.25, 0.3) is 99.1 Å². The molecule has 342 valence electrons. The molecule has 0 unspecified atom stereocenters. The number of aromatic nitrogens is 2. The highest BCUT2D eigenvalue weighted by Gasteiger charge is 2.48. The first-order chi connectivity index (χ1) is 35.3. The second-order valence-electron chi connectivity index (χ2n) is 22.8. The SMILES string of the molecule is [2H]C(C)(C)c1ccc2c(c1)B1c3c(cc(-n4c5cccc6c5c5c7c(cccc7ccc54)-c4ccccc4-6)cc3-n3c4ccc(C(C)(C)C)cc4c4cc5c(c1c43)-c1ccccc1C5(C)C)N2c1ccccc1. The lowest BCUT2D eigenvalue weighted by Gasteiger charge is -2.41. The van der Waals surface area contributed by atoms with Crippen LogP contribution in [0.4, 0.5) is 17.1 Å². The molecular weight excluding hydrogens is 870 g/mol. The summed E-state index contributed by atoms with van der Waals surface area (Å²) in [5.41, 5.74) is 27.2. The molecule has 4 heteroatoms. The van der Waals surface area contributed by atoms with Crippen LogP contribution in [0.2, 0.25) is 0 Å². The van der Waals surface area contributed by atoms with E-state index < -0.39 is 5.89 Å². The molecule has 0 saturated carbocycles. The van der Waals surface area contributed by atoms with Gasteiger partial charge in [-0.25, -0.2) is 0 Å². The van der Waals surface area contributed by atoms with Gasteiger partial charge in [0.2, 0.25) is 0 Å². The number of fused-ring (bicyclic) bond motifs is 14. The number of rotatable bonds is 3. The van der Waals surface area contributed by atoms with Crippen LogP contribution in [0.1, 0.15) is 78.0 Å². The van der Waals surface area contributed by atoms with Gasteiger partial charge in [0.25, 0.3) is 6.71 Å². The maximum Gasteiger partial charge on any atom is 0.253 e. The second kappa shape index (κ2) is 13.7. The summed E-state index contributed by atoms with van der Waals surface area (Å²) in [5, 5.41) is 7.77. The minimum absolute atomic E-state index is 0.0430. The van der Waals surface area contributed by atoms with Gasteiger partial charge in [0.15, 0.2) is 0 Å². The lowest BCUT2D eigenvalue weighted by atomic mass is 9.32. The lowest BCUT2D eigenvalue weighted by molar-refractivity contribution is 0.591. The number of benzene rings is 10. The van der Waals surface area contributed by atoms with E-state index in [4.69, 9.17) is 0 Å². The quantitative estimate of drug-likeness (QED) is 0.161. The fourth-order valence-corrected chi connectivity index (χ4v) is 14.1. The van der Waals surface area contributed by atoms with E-state index in [0.717, 1.165) is 22.6 Å². The fraction of sp³-hybridized carbons (Fsp3) is 0.147. The van der Waals surface area contributed by atoms with Crippen molar-refractivity contribution in [3.63, 3.8) is 0 Å². The molecule has 0 amide bonds. The summed E-state index contributed by atoms with van der Waals surface area (Å²) in [6.07, 6.45) is 0. The van der Waals surface area contributed by atoms with Gasteiger partial charge in [0, 0.05) is 56.6 Å². The van der Waals surface area contributed by atoms with Crippen molar-refractivity contribution in [1.29, 1.82) is 0 Å². The largest absolute Gasteiger partial charge is 0.311 e. The molecule has 12 aromatic rings. The third-order valence-electron chi connectivity index (χ3n) is 17.4. The topological polar surface area (TPSA) is 13.1 Å². The minimum atomic E-state index is -0.808. The van der Waals surface area contributed by atoms with Crippen LogP contribution in [0.15, 0.2) is 182 Å². The number of anilines is 3. The van der Waals surface area contributed by atoms with Crippen molar-refractivity contribution in [2.75, 3.05) is 4.90 Å². The minimum Gasteiger partial charge on any atom is -0.311 e. The van der Waals surface area contributed by atoms with Crippen LogP contribution in [0.5, 0.6) is 0 Å². The van der Waals surface area contributed by atoms with Crippen molar-refractivity contribution >= 4 is 94.5 Å². The third kappa shape index (κ3) is 4.98. The van der Waals surface area contributed by atoms with E-state index >= 15 is 0 Å². The first-order valence-electron chi connectivity index (χ1n) is 26.3. The van der Waals surface area contributed by atoms with Crippen LogP contribution in [-0.2, 0) is 10.8 Å². The number of para-hydroxylation sites is 1. The van der Waals surface area contributed by atoms with Gasteiger partial charge in [-0.2, -0.15) is 0 Å². The molecule has 4 heterocycles. The normalized spacial score (nSPS) is 14.8. The monoisotopic (exact) mass is 922 g/mol. The zero-order chi connectivity index (χ0) is 49.2. The van der Waals surface area contributed by atoms with Gasteiger partial charge in [-0.05, 0) is 155 Å². The molecule has 0 saturated heterocycles. The molecule has 72 heavy (non-hydrogen) atoms. The number of hydrogen-bond donors (Lipinski definition) is 0. The van der Waals surface area contributed by atoms with Gasteiger partial charge >= 0.3 is 0 Å². The highest BCUT2D eigenvalue weighted by Crippen LogP contribution is 2.54. The molecule has 0 fully saturated rings. The van der Waals surface area contributed by atoms with Crippen molar-refractivity contribution in [2.24, 2.45) is 0 Å². The highest BCUT2D eigenvalue weighted by molar-refractivity contribution is 7.01. The summed E-state index contributed by atoms with van der Waals surface area (Å²) in [4.78, 5) is 2.54. The zero-order valence-corrected chi connectivity index (χ0v) is 41.7. The third-order valence-corrected chi connectivity index (χ3v) is 17.4. The van der Waals surface area contributed by atoms with E-state index in [2.05, 4.69) is 231 Å². The molecule has 0 spiro atoms. The molecule has 4 aliphatic rings. The molecule has 0 radical (unpaired) electrons. The van der Waals surface area contributed by atoms with E-state index in [0.29, 0.717) is 0 Å². The van der Waals surface area contributed by atoms with Gasteiger partial charge in [-0.15, -0.1) is 0 Å². The number of hydrogen-bond acceptors (Lipinski definition) is 1. The maximum absolute atomic E-state index is 9.52. The van der Waals surface area contributed by atoms with E-state index in [-0.39, 0.29) is 17.5 Å². The molecule has 3 nitrogen and oxygen atoms in total. The first kappa shape index (κ1) is 39.6. The van der Waals surface area contributed by atoms with Crippen LogP contribution in [0, 0.1) is 0 Å². The predicted octanol–water partition coefficient (Wildman–Crippen LogP) is 16.0. The first-order valence-corrected chi connectivity index (χ1v) is 25.8. The molecule has 2 aromatic heterocycles. The molecule has 0 atom stereocenters. The lowest BCUT2D eigenvalue weighted by Crippen LogP contribution is -2.61. The van der Waals surface area contributed by atoms with E-state index in [9.17, 15) is 1.37 Å². The smallest absolute Gasteiger partial charge is 0.253 e. The van der Waals surface area contributed by atoms with Crippen molar-refractivity contribution in [1.82, 2.24) is 9.13 Å². The van der Waals surface area contributed by atoms with Crippen molar-refractivity contribution in [3.05, 3.63) is 204 Å². The van der Waals surface area contributed by atoms with Crippen LogP contribution >= 0.6 is 0 Å². The average molecular weight is 923 g/mol. The Morgan fingerprint density at radius 1 is 0.500 bits per heavy atom. The fourth-order valence-electron chi connectivity index (χ4n) is 14.1. The Hall–Kier alpha value is -8.08. The summed E-state index contributed by atoms with van der Waals surface area (Å²) in [7, 11) is 0. The van der Waals surface area contributed by atoms with Gasteiger partial charge in [-0.3, -0.25) is 0 Å². The predicted molar refractivity (Wildman–Crippen MR) is 307 cm³/mol. The molecule has 0 N–H and O–H groups in total. The highest BCUT2D eigenvalue weighted by atomic mass is 15.2. The average Bonchev–Trinajstić information content (AvgIpc) is 3.96. The zero-order valence-electron chi connectivity index (χ0n) is 42.7. The summed E-state index contributed by atoms with van der Waals surface area (Å²) in [5.74, 6) is -0.808. The van der Waals surface area contributed by atoms with Crippen LogP contribution in [-0.4, -0.2) is 15.8 Å². The van der Waals surface area contributed by atoms with Gasteiger partial charge in [-0.1, -0.05) is 170 Å². The van der Waals surface area contributed by atoms with Gasteiger partial charge < -0.3 is 14.0 Å². The summed E-state index contributed by atoms with van der Waals surface area (Å²) in [6.45, 7) is 15.8. The van der Waals surface area contributed by atoms with Gasteiger partial charge in [0.05, 0.1) is 22.2 Å². The van der Waals surface area contributed by atoms with Crippen molar-refractivity contribution in [2.45, 2.75) is 65.2 Å². The molecule has 10 aromatic carbocycles. The Morgan fingerprint density at radius 2 is 1.18 bits per heavy atom. The maximum atomic E-state index is 9.52. The Bertz CT molecular complexity index is 4500. The van der Waals surface area contributed by atoms with Crippen LogP contribution in [0.3, 0.4) is 0 Å². The molecule has 2 aliphatic heterocycles. The summed E-state index contributed by atoms with van der Waals surface area (Å²) < 4.78 is 14.8. The van der Waals surface area contributed by atoms with Crippen molar-refractivity contribution in [3.8, 4) is 44.8 Å². The van der Waals surface area contributed by atoms with Crippen molar-refractivity contribution < 1.29 is 1.37 Å². The molecule has 16 rings (SSSR count). The Balaban J connectivity index is 1.12. The number of nitrogens with zero attached hydrogens (tertiary/aromatic N) is 3. The second-order valence-corrected chi connectivity index (χ2v) is 22.8. The Labute approximate surface area is 422 Å². The molecule has 2 aliphatic carbocycles. The Kier molecular flexibility index (Phi) is 7.52. The van der Waals surface area contributed by atoms with E-state index in [1.54, 1.807) is 0 Å². The Morgan fingerprint density at radius 3 is 1.96 bits per heavy atom. The van der Waals surface area contributed by atoms with Gasteiger partial charge in [0.1, 0.15) is 0 Å². The summed E-state index contributed by atoms with van der Waals surface area (Å²) >= 11 is 0. The van der Waals surface area contributed by atoms with E-state index in [1.165, 1.54) is 132 Å².